The maximum atomic E-state index is 11.3. The number of nitrogens with zero attached hydrogens (tertiary/aromatic N) is 1. The Hall–Kier alpha value is -1.46. The lowest BCUT2D eigenvalue weighted by Crippen LogP contribution is -2.41. The maximum Gasteiger partial charge on any atom is 0.324 e. The van der Waals surface area contributed by atoms with Crippen molar-refractivity contribution in [3.63, 3.8) is 0 Å². The fraction of sp³-hybridized carbons (Fsp3) is 0.429. The molecule has 24 heavy (non-hydrogen) atoms. The lowest BCUT2D eigenvalue weighted by Gasteiger charge is -2.22. The topological polar surface area (TPSA) is 144 Å². The van der Waals surface area contributed by atoms with Crippen molar-refractivity contribution >= 4 is 33.5 Å². The van der Waals surface area contributed by atoms with Gasteiger partial charge in [-0.05, 0) is 18.1 Å². The number of nitrogens with two attached hydrogens (primary N) is 1. The Morgan fingerprint density at radius 3 is 2.33 bits per heavy atom. The van der Waals surface area contributed by atoms with Crippen LogP contribution in [0.1, 0.15) is 5.56 Å². The summed E-state index contributed by atoms with van der Waals surface area (Å²) in [4.78, 5) is 21.8. The fourth-order valence-corrected chi connectivity index (χ4v) is 4.03. The molecule has 8 nitrogen and oxygen atoms in total. The molecular formula is C14H20N2O6S2. The summed E-state index contributed by atoms with van der Waals surface area (Å²) in [5.41, 5.74) is 5.95. The van der Waals surface area contributed by atoms with Crippen LogP contribution >= 0.6 is 21.6 Å². The third-order valence-corrected chi connectivity index (χ3v) is 5.55. The zero-order chi connectivity index (χ0) is 18.1. The van der Waals surface area contributed by atoms with Crippen molar-refractivity contribution in [2.24, 2.45) is 5.73 Å². The first-order chi connectivity index (χ1) is 11.3. The van der Waals surface area contributed by atoms with Crippen LogP contribution in [0.15, 0.2) is 24.3 Å². The van der Waals surface area contributed by atoms with Crippen molar-refractivity contribution in [3.8, 4) is 5.75 Å². The van der Waals surface area contributed by atoms with Crippen LogP contribution in [0, 0.1) is 0 Å². The Bertz CT molecular complexity index is 560. The van der Waals surface area contributed by atoms with Gasteiger partial charge in [0.05, 0.1) is 0 Å². The van der Waals surface area contributed by atoms with Gasteiger partial charge in [0.15, 0.2) is 0 Å². The molecule has 0 aliphatic heterocycles. The summed E-state index contributed by atoms with van der Waals surface area (Å²) in [6, 6.07) is 4.46. The quantitative estimate of drug-likeness (QED) is 0.214. The first-order valence-corrected chi connectivity index (χ1v) is 9.49. The molecule has 2 atom stereocenters. The molecule has 10 heteroatoms. The number of carbonyl (C=O) groups is 2. The van der Waals surface area contributed by atoms with E-state index in [0.717, 1.165) is 21.6 Å². The first kappa shape index (κ1) is 20.6. The standard InChI is InChI=1S/C14H20N2O6S2/c15-10(13(18)19)7-23-24-8-11(14(20)21)16(22)6-5-9-3-1-2-4-12(9)17/h1-4,10-11,17,22H,5-8,15H2,(H,18,19)(H,20,21)/t10?,11-/m0/s1. The van der Waals surface area contributed by atoms with Crippen LogP contribution < -0.4 is 5.73 Å². The number of carboxylic acid groups (broad SMARTS) is 2. The van der Waals surface area contributed by atoms with E-state index in [1.807, 2.05) is 0 Å². The van der Waals surface area contributed by atoms with Crippen LogP contribution in [0.3, 0.4) is 0 Å². The smallest absolute Gasteiger partial charge is 0.324 e. The number of phenolic OH excluding ortho intramolecular Hbond substituents is 1. The molecule has 1 unspecified atom stereocenters. The maximum absolute atomic E-state index is 11.3. The molecule has 0 spiro atoms. The molecule has 0 aliphatic carbocycles. The summed E-state index contributed by atoms with van der Waals surface area (Å²) < 4.78 is 0. The van der Waals surface area contributed by atoms with E-state index in [2.05, 4.69) is 0 Å². The third-order valence-electron chi connectivity index (χ3n) is 3.12. The molecule has 134 valence electrons. The molecule has 0 saturated heterocycles. The van der Waals surface area contributed by atoms with Gasteiger partial charge in [-0.1, -0.05) is 39.8 Å². The predicted octanol–water partition coefficient (Wildman–Crippen LogP) is 0.872. The number of hydrogen-bond acceptors (Lipinski definition) is 8. The zero-order valence-electron chi connectivity index (χ0n) is 12.7. The lowest BCUT2D eigenvalue weighted by atomic mass is 10.1. The average Bonchev–Trinajstić information content (AvgIpc) is 2.53. The van der Waals surface area contributed by atoms with Crippen LogP contribution in [0.25, 0.3) is 0 Å². The highest BCUT2D eigenvalue weighted by Crippen LogP contribution is 2.24. The summed E-state index contributed by atoms with van der Waals surface area (Å²) in [7, 11) is 2.27. The monoisotopic (exact) mass is 376 g/mol. The van der Waals surface area contributed by atoms with Crippen molar-refractivity contribution < 1.29 is 30.1 Å². The van der Waals surface area contributed by atoms with E-state index < -0.39 is 24.0 Å². The predicted molar refractivity (Wildman–Crippen MR) is 92.3 cm³/mol. The van der Waals surface area contributed by atoms with Gasteiger partial charge in [-0.15, -0.1) is 0 Å². The number of aliphatic carboxylic acids is 2. The summed E-state index contributed by atoms with van der Waals surface area (Å²) in [5.74, 6) is -2.03. The van der Waals surface area contributed by atoms with Gasteiger partial charge in [0.25, 0.3) is 0 Å². The van der Waals surface area contributed by atoms with Crippen LogP contribution in [-0.4, -0.2) is 67.7 Å². The van der Waals surface area contributed by atoms with E-state index in [1.165, 1.54) is 6.07 Å². The summed E-state index contributed by atoms with van der Waals surface area (Å²) in [5, 5.41) is 38.2. The van der Waals surface area contributed by atoms with E-state index in [-0.39, 0.29) is 30.2 Å². The third kappa shape index (κ3) is 6.97. The minimum atomic E-state index is -1.19. The molecule has 0 amide bonds. The molecule has 0 radical (unpaired) electrons. The molecule has 1 aromatic rings. The van der Waals surface area contributed by atoms with Gasteiger partial charge >= 0.3 is 11.9 Å². The summed E-state index contributed by atoms with van der Waals surface area (Å²) in [6.45, 7) is 0.0361. The normalized spacial score (nSPS) is 13.6. The molecule has 0 bridgehead atoms. The largest absolute Gasteiger partial charge is 0.508 e. The molecule has 1 rings (SSSR count). The summed E-state index contributed by atoms with van der Waals surface area (Å²) >= 11 is 0. The Morgan fingerprint density at radius 1 is 1.12 bits per heavy atom. The average molecular weight is 376 g/mol. The van der Waals surface area contributed by atoms with Crippen molar-refractivity contribution in [2.75, 3.05) is 18.1 Å². The van der Waals surface area contributed by atoms with Gasteiger partial charge in [0, 0.05) is 18.1 Å². The van der Waals surface area contributed by atoms with E-state index >= 15 is 0 Å². The second-order valence-corrected chi connectivity index (χ2v) is 7.46. The van der Waals surface area contributed by atoms with Gasteiger partial charge in [0.1, 0.15) is 17.8 Å². The van der Waals surface area contributed by atoms with Crippen molar-refractivity contribution in [3.05, 3.63) is 29.8 Å². The highest BCUT2D eigenvalue weighted by molar-refractivity contribution is 8.76. The number of aromatic hydroxyl groups is 1. The van der Waals surface area contributed by atoms with E-state index in [4.69, 9.17) is 10.8 Å². The van der Waals surface area contributed by atoms with Gasteiger partial charge in [-0.25, -0.2) is 0 Å². The zero-order valence-corrected chi connectivity index (χ0v) is 14.4. The molecule has 0 fully saturated rings. The van der Waals surface area contributed by atoms with Crippen LogP contribution in [0.4, 0.5) is 0 Å². The number of phenols is 1. The Morgan fingerprint density at radius 2 is 1.75 bits per heavy atom. The van der Waals surface area contributed by atoms with E-state index in [9.17, 15) is 25.0 Å². The van der Waals surface area contributed by atoms with E-state index in [1.54, 1.807) is 18.2 Å². The van der Waals surface area contributed by atoms with Gasteiger partial charge in [0.2, 0.25) is 0 Å². The van der Waals surface area contributed by atoms with Crippen LogP contribution in [0.2, 0.25) is 0 Å². The fourth-order valence-electron chi connectivity index (χ4n) is 1.70. The van der Waals surface area contributed by atoms with Gasteiger partial charge in [-0.2, -0.15) is 5.06 Å². The highest BCUT2D eigenvalue weighted by atomic mass is 33.1. The number of hydrogen-bond donors (Lipinski definition) is 5. The molecular weight excluding hydrogens is 356 g/mol. The number of hydroxylamine groups is 2. The number of para-hydroxylation sites is 1. The second kappa shape index (κ2) is 10.4. The molecule has 0 aromatic heterocycles. The van der Waals surface area contributed by atoms with Crippen LogP contribution in [0.5, 0.6) is 5.75 Å². The highest BCUT2D eigenvalue weighted by Gasteiger charge is 2.25. The van der Waals surface area contributed by atoms with Crippen molar-refractivity contribution in [1.29, 1.82) is 0 Å². The van der Waals surface area contributed by atoms with Crippen molar-refractivity contribution in [1.82, 2.24) is 5.06 Å². The lowest BCUT2D eigenvalue weighted by molar-refractivity contribution is -0.166. The Labute approximate surface area is 147 Å². The molecule has 0 heterocycles. The Kier molecular flexibility index (Phi) is 8.93. The van der Waals surface area contributed by atoms with Crippen LogP contribution in [-0.2, 0) is 16.0 Å². The minimum Gasteiger partial charge on any atom is -0.508 e. The first-order valence-electron chi connectivity index (χ1n) is 7.01. The van der Waals surface area contributed by atoms with Crippen molar-refractivity contribution in [2.45, 2.75) is 18.5 Å². The second-order valence-electron chi connectivity index (χ2n) is 4.91. The number of carboxylic acids is 2. The number of benzene rings is 1. The molecule has 0 saturated carbocycles. The van der Waals surface area contributed by atoms with Gasteiger partial charge in [-0.3, -0.25) is 9.59 Å². The summed E-state index contributed by atoms with van der Waals surface area (Å²) in [6.07, 6.45) is 0.286. The van der Waals surface area contributed by atoms with Gasteiger partial charge < -0.3 is 26.3 Å². The molecule has 0 aliphatic rings. The minimum absolute atomic E-state index is 0.0361. The SMILES string of the molecule is NC(CSSC[C@@H](C(=O)O)N(O)CCc1ccccc1O)C(=O)O. The Balaban J connectivity index is 2.44. The van der Waals surface area contributed by atoms with E-state index in [0.29, 0.717) is 10.6 Å². The molecule has 6 N–H and O–H groups in total. The number of rotatable bonds is 11. The molecule has 1 aromatic carbocycles.